The van der Waals surface area contributed by atoms with Crippen LogP contribution in [0.4, 0.5) is 0 Å². The monoisotopic (exact) mass is 323 g/mol. The van der Waals surface area contributed by atoms with Crippen LogP contribution in [0.1, 0.15) is 34.6 Å². The number of fused-ring (bicyclic) bond motifs is 1. The Balaban J connectivity index is 1.46. The van der Waals surface area contributed by atoms with Crippen molar-refractivity contribution >= 4 is 5.91 Å². The zero-order valence-corrected chi connectivity index (χ0v) is 13.8. The van der Waals surface area contributed by atoms with E-state index in [-0.39, 0.29) is 11.9 Å². The van der Waals surface area contributed by atoms with Crippen molar-refractivity contribution < 1.29 is 4.79 Å². The molecule has 2 atom stereocenters. The molecule has 124 valence electrons. The third-order valence-corrected chi connectivity index (χ3v) is 5.06. The second kappa shape index (κ2) is 6.28. The molecule has 2 aliphatic rings. The summed E-state index contributed by atoms with van der Waals surface area (Å²) in [7, 11) is 0. The average Bonchev–Trinajstić information content (AvgIpc) is 3.19. The molecular formula is C18H21N5O. The number of hydrogen-bond acceptors (Lipinski definition) is 5. The van der Waals surface area contributed by atoms with Crippen molar-refractivity contribution in [1.29, 1.82) is 0 Å². The Kier molecular flexibility index (Phi) is 3.98. The summed E-state index contributed by atoms with van der Waals surface area (Å²) in [6.07, 6.45) is 9.02. The van der Waals surface area contributed by atoms with Gasteiger partial charge in [0.05, 0.1) is 11.9 Å². The van der Waals surface area contributed by atoms with Crippen LogP contribution in [0.5, 0.6) is 0 Å². The Morgan fingerprint density at radius 3 is 2.79 bits per heavy atom. The van der Waals surface area contributed by atoms with Crippen molar-refractivity contribution in [2.24, 2.45) is 0 Å². The minimum absolute atomic E-state index is 0.0122. The van der Waals surface area contributed by atoms with Crippen LogP contribution in [0.15, 0.2) is 36.9 Å². The molecule has 0 radical (unpaired) electrons. The maximum Gasteiger partial charge on any atom is 0.274 e. The molecule has 2 fully saturated rings. The summed E-state index contributed by atoms with van der Waals surface area (Å²) in [4.78, 5) is 29.9. The number of aryl methyl sites for hydroxylation is 1. The SMILES string of the molecule is Cc1cnc(C(=O)N2CC[C@@H]3[C@@H]2CCN3Cc2cccnc2)cn1. The molecule has 2 aromatic heterocycles. The summed E-state index contributed by atoms with van der Waals surface area (Å²) < 4.78 is 0. The fraction of sp³-hybridized carbons (Fsp3) is 0.444. The molecule has 4 rings (SSSR count). The molecule has 1 amide bonds. The first-order valence-electron chi connectivity index (χ1n) is 8.45. The molecule has 6 nitrogen and oxygen atoms in total. The molecule has 0 aliphatic carbocycles. The van der Waals surface area contributed by atoms with E-state index in [2.05, 4.69) is 25.9 Å². The van der Waals surface area contributed by atoms with E-state index in [4.69, 9.17) is 0 Å². The van der Waals surface area contributed by atoms with Crippen LogP contribution in [0.3, 0.4) is 0 Å². The number of hydrogen-bond donors (Lipinski definition) is 0. The van der Waals surface area contributed by atoms with Crippen LogP contribution >= 0.6 is 0 Å². The van der Waals surface area contributed by atoms with Gasteiger partial charge in [0.25, 0.3) is 5.91 Å². The number of likely N-dealkylation sites (tertiary alicyclic amines) is 2. The molecule has 0 unspecified atom stereocenters. The van der Waals surface area contributed by atoms with Crippen LogP contribution in [-0.2, 0) is 6.54 Å². The molecule has 6 heteroatoms. The molecule has 24 heavy (non-hydrogen) atoms. The molecule has 2 aliphatic heterocycles. The summed E-state index contributed by atoms with van der Waals surface area (Å²) in [6, 6.07) is 4.81. The molecular weight excluding hydrogens is 302 g/mol. The van der Waals surface area contributed by atoms with Gasteiger partial charge in [-0.3, -0.25) is 19.7 Å². The van der Waals surface area contributed by atoms with E-state index < -0.39 is 0 Å². The van der Waals surface area contributed by atoms with Crippen LogP contribution in [0.25, 0.3) is 0 Å². The fourth-order valence-electron chi connectivity index (χ4n) is 3.90. The highest BCUT2D eigenvalue weighted by Crippen LogP contribution is 2.33. The molecule has 2 aromatic rings. The summed E-state index contributed by atoms with van der Waals surface area (Å²) in [6.45, 7) is 4.60. The van der Waals surface area contributed by atoms with Gasteiger partial charge in [-0.25, -0.2) is 4.98 Å². The third-order valence-electron chi connectivity index (χ3n) is 5.06. The van der Waals surface area contributed by atoms with Gasteiger partial charge >= 0.3 is 0 Å². The standard InChI is InChI=1S/C18H21N5O/c1-13-9-21-15(11-20-13)18(24)23-8-5-16-17(23)4-7-22(16)12-14-3-2-6-19-10-14/h2-3,6,9-11,16-17H,4-5,7-8,12H2,1H3/t16-,17+/m1/s1. The molecule has 0 saturated carbocycles. The molecule has 0 N–H and O–H groups in total. The number of pyridine rings is 1. The Morgan fingerprint density at radius 1 is 1.17 bits per heavy atom. The largest absolute Gasteiger partial charge is 0.333 e. The predicted molar refractivity (Wildman–Crippen MR) is 89.3 cm³/mol. The van der Waals surface area contributed by atoms with E-state index in [0.29, 0.717) is 11.7 Å². The molecule has 0 bridgehead atoms. The molecule has 4 heterocycles. The van der Waals surface area contributed by atoms with E-state index >= 15 is 0 Å². The number of amides is 1. The van der Waals surface area contributed by atoms with Gasteiger partial charge in [0, 0.05) is 50.3 Å². The van der Waals surface area contributed by atoms with Crippen molar-refractivity contribution in [3.8, 4) is 0 Å². The van der Waals surface area contributed by atoms with Gasteiger partial charge in [0.1, 0.15) is 5.69 Å². The number of rotatable bonds is 3. The smallest absolute Gasteiger partial charge is 0.274 e. The minimum atomic E-state index is 0.0122. The number of aromatic nitrogens is 3. The zero-order chi connectivity index (χ0) is 16.5. The van der Waals surface area contributed by atoms with Crippen LogP contribution < -0.4 is 0 Å². The second-order valence-corrected chi connectivity index (χ2v) is 6.59. The third kappa shape index (κ3) is 2.78. The second-order valence-electron chi connectivity index (χ2n) is 6.59. The van der Waals surface area contributed by atoms with Gasteiger partial charge in [0.15, 0.2) is 0 Å². The van der Waals surface area contributed by atoms with E-state index in [0.717, 1.165) is 38.2 Å². The summed E-state index contributed by atoms with van der Waals surface area (Å²) in [5.41, 5.74) is 2.51. The van der Waals surface area contributed by atoms with Gasteiger partial charge in [-0.05, 0) is 31.4 Å². The lowest BCUT2D eigenvalue weighted by atomic mass is 10.1. The van der Waals surface area contributed by atoms with Gasteiger partial charge in [-0.2, -0.15) is 0 Å². The Labute approximate surface area is 141 Å². The Morgan fingerprint density at radius 2 is 2.04 bits per heavy atom. The first kappa shape index (κ1) is 15.2. The summed E-state index contributed by atoms with van der Waals surface area (Å²) in [5.74, 6) is 0.0122. The van der Waals surface area contributed by atoms with E-state index in [1.807, 2.05) is 24.1 Å². The quantitative estimate of drug-likeness (QED) is 0.860. The fourth-order valence-corrected chi connectivity index (χ4v) is 3.90. The number of nitrogens with zero attached hydrogens (tertiary/aromatic N) is 5. The zero-order valence-electron chi connectivity index (χ0n) is 13.8. The highest BCUT2D eigenvalue weighted by atomic mass is 16.2. The Bertz CT molecular complexity index is 718. The van der Waals surface area contributed by atoms with Crippen LogP contribution in [0.2, 0.25) is 0 Å². The lowest BCUT2D eigenvalue weighted by molar-refractivity contribution is 0.0725. The van der Waals surface area contributed by atoms with Gasteiger partial charge in [0.2, 0.25) is 0 Å². The summed E-state index contributed by atoms with van der Waals surface area (Å²) >= 11 is 0. The Hall–Kier alpha value is -2.34. The van der Waals surface area contributed by atoms with Crippen LogP contribution in [0, 0.1) is 6.92 Å². The minimum Gasteiger partial charge on any atom is -0.333 e. The topological polar surface area (TPSA) is 62.2 Å². The van der Waals surface area contributed by atoms with Gasteiger partial charge < -0.3 is 4.90 Å². The normalized spacial score (nSPS) is 23.5. The number of carbonyl (C=O) groups excluding carboxylic acids is 1. The summed E-state index contributed by atoms with van der Waals surface area (Å²) in [5, 5.41) is 0. The van der Waals surface area contributed by atoms with E-state index in [1.54, 1.807) is 18.6 Å². The van der Waals surface area contributed by atoms with Crippen molar-refractivity contribution in [1.82, 2.24) is 24.8 Å². The van der Waals surface area contributed by atoms with Crippen molar-refractivity contribution in [2.45, 2.75) is 38.4 Å². The van der Waals surface area contributed by atoms with Crippen LogP contribution in [-0.4, -0.2) is 55.8 Å². The van der Waals surface area contributed by atoms with Gasteiger partial charge in [-0.1, -0.05) is 6.07 Å². The van der Waals surface area contributed by atoms with Crippen molar-refractivity contribution in [2.75, 3.05) is 13.1 Å². The van der Waals surface area contributed by atoms with Crippen molar-refractivity contribution in [3.05, 3.63) is 53.9 Å². The first-order valence-corrected chi connectivity index (χ1v) is 8.45. The highest BCUT2D eigenvalue weighted by molar-refractivity contribution is 5.92. The molecule has 0 spiro atoms. The van der Waals surface area contributed by atoms with Gasteiger partial charge in [-0.15, -0.1) is 0 Å². The lowest BCUT2D eigenvalue weighted by Crippen LogP contribution is -2.39. The first-order chi connectivity index (χ1) is 11.7. The van der Waals surface area contributed by atoms with Crippen molar-refractivity contribution in [3.63, 3.8) is 0 Å². The molecule has 2 saturated heterocycles. The van der Waals surface area contributed by atoms with E-state index in [1.165, 1.54) is 5.56 Å². The predicted octanol–water partition coefficient (Wildman–Crippen LogP) is 1.67. The molecule has 0 aromatic carbocycles. The maximum absolute atomic E-state index is 12.8. The van der Waals surface area contributed by atoms with E-state index in [9.17, 15) is 4.79 Å². The lowest BCUT2D eigenvalue weighted by Gasteiger charge is -2.25. The average molecular weight is 323 g/mol. The highest BCUT2D eigenvalue weighted by Gasteiger charge is 2.44. The maximum atomic E-state index is 12.8. The number of carbonyl (C=O) groups is 1.